The van der Waals surface area contributed by atoms with Crippen LogP contribution in [-0.2, 0) is 4.79 Å². The molecule has 0 saturated heterocycles. The van der Waals surface area contributed by atoms with Gasteiger partial charge in [-0.25, -0.2) is 0 Å². The molecule has 3 aromatic rings. The van der Waals surface area contributed by atoms with Gasteiger partial charge in [0.05, 0.1) is 16.3 Å². The van der Waals surface area contributed by atoms with Gasteiger partial charge in [-0.15, -0.1) is 11.8 Å². The van der Waals surface area contributed by atoms with Crippen LogP contribution in [0.4, 0.5) is 11.4 Å². The van der Waals surface area contributed by atoms with Crippen LogP contribution in [0.2, 0.25) is 10.0 Å². The highest BCUT2D eigenvalue weighted by molar-refractivity contribution is 9.10. The second-order valence-corrected chi connectivity index (χ2v) is 8.76. The summed E-state index contributed by atoms with van der Waals surface area (Å²) >= 11 is 16.7. The molecule has 2 N–H and O–H groups in total. The monoisotopic (exact) mass is 508 g/mol. The lowest BCUT2D eigenvalue weighted by atomic mass is 10.2. The molecule has 4 nitrogen and oxygen atoms in total. The zero-order valence-electron chi connectivity index (χ0n) is 14.9. The lowest BCUT2D eigenvalue weighted by molar-refractivity contribution is -0.113. The fourth-order valence-electron chi connectivity index (χ4n) is 2.41. The maximum atomic E-state index is 12.4. The highest BCUT2D eigenvalue weighted by Crippen LogP contribution is 2.25. The zero-order chi connectivity index (χ0) is 20.8. The fraction of sp³-hybridized carbons (Fsp3) is 0.0476. The Morgan fingerprint density at radius 2 is 1.66 bits per heavy atom. The maximum Gasteiger partial charge on any atom is 0.257 e. The molecule has 3 aromatic carbocycles. The molecular weight excluding hydrogens is 495 g/mol. The molecule has 2 amide bonds. The molecule has 0 heterocycles. The second-order valence-electron chi connectivity index (χ2n) is 5.95. The van der Waals surface area contributed by atoms with Crippen molar-refractivity contribution in [1.82, 2.24) is 0 Å². The van der Waals surface area contributed by atoms with Crippen LogP contribution in [-0.4, -0.2) is 17.6 Å². The van der Waals surface area contributed by atoms with E-state index >= 15 is 0 Å². The Bertz CT molecular complexity index is 1050. The summed E-state index contributed by atoms with van der Waals surface area (Å²) in [6.45, 7) is 0. The first-order chi connectivity index (χ1) is 13.9. The number of halogens is 3. The molecule has 0 aliphatic carbocycles. The minimum absolute atomic E-state index is 0.111. The van der Waals surface area contributed by atoms with Gasteiger partial charge in [0, 0.05) is 25.8 Å². The predicted molar refractivity (Wildman–Crippen MR) is 124 cm³/mol. The summed E-state index contributed by atoms with van der Waals surface area (Å²) < 4.78 is 0.948. The van der Waals surface area contributed by atoms with Crippen LogP contribution in [0.25, 0.3) is 0 Å². The van der Waals surface area contributed by atoms with Gasteiger partial charge in [-0.2, -0.15) is 0 Å². The third-order valence-electron chi connectivity index (χ3n) is 3.77. The van der Waals surface area contributed by atoms with E-state index in [-0.39, 0.29) is 22.6 Å². The standard InChI is InChI=1S/C21H15BrCl2N2O2S/c22-13-4-7-15(8-5-13)25-20(27)12-29-17-3-1-2-16(11-17)26-21(28)18-9-6-14(23)10-19(18)24/h1-11H,12H2,(H,25,27)(H,26,28). The molecule has 29 heavy (non-hydrogen) atoms. The Labute approximate surface area is 191 Å². The minimum Gasteiger partial charge on any atom is -0.325 e. The van der Waals surface area contributed by atoms with E-state index in [1.807, 2.05) is 36.4 Å². The maximum absolute atomic E-state index is 12.4. The Hall–Kier alpha value is -1.99. The Kier molecular flexibility index (Phi) is 7.61. The Morgan fingerprint density at radius 3 is 2.38 bits per heavy atom. The van der Waals surface area contributed by atoms with Crippen molar-refractivity contribution in [1.29, 1.82) is 0 Å². The molecule has 0 saturated carbocycles. The van der Waals surface area contributed by atoms with E-state index in [1.165, 1.54) is 17.8 Å². The van der Waals surface area contributed by atoms with E-state index in [9.17, 15) is 9.59 Å². The lowest BCUT2D eigenvalue weighted by Crippen LogP contribution is -2.14. The molecule has 3 rings (SSSR count). The van der Waals surface area contributed by atoms with Crippen molar-refractivity contribution in [2.24, 2.45) is 0 Å². The number of thioether (sulfide) groups is 1. The minimum atomic E-state index is -0.332. The average molecular weight is 510 g/mol. The topological polar surface area (TPSA) is 58.2 Å². The number of carbonyl (C=O) groups excluding carboxylic acids is 2. The van der Waals surface area contributed by atoms with Gasteiger partial charge in [-0.3, -0.25) is 9.59 Å². The van der Waals surface area contributed by atoms with Crippen molar-refractivity contribution in [3.8, 4) is 0 Å². The quantitative estimate of drug-likeness (QED) is 0.362. The Balaban J connectivity index is 1.58. The van der Waals surface area contributed by atoms with Gasteiger partial charge in [0.25, 0.3) is 5.91 Å². The molecule has 0 aliphatic heterocycles. The van der Waals surface area contributed by atoms with Crippen LogP contribution in [0.5, 0.6) is 0 Å². The van der Waals surface area contributed by atoms with Crippen LogP contribution in [0.1, 0.15) is 10.4 Å². The molecule has 148 valence electrons. The van der Waals surface area contributed by atoms with Crippen molar-refractivity contribution in [2.45, 2.75) is 4.90 Å². The van der Waals surface area contributed by atoms with Gasteiger partial charge in [-0.05, 0) is 60.7 Å². The highest BCUT2D eigenvalue weighted by atomic mass is 79.9. The van der Waals surface area contributed by atoms with Crippen LogP contribution < -0.4 is 10.6 Å². The van der Waals surface area contributed by atoms with Gasteiger partial charge >= 0.3 is 0 Å². The summed E-state index contributed by atoms with van der Waals surface area (Å²) in [4.78, 5) is 25.4. The molecule has 0 spiro atoms. The van der Waals surface area contributed by atoms with E-state index in [0.29, 0.717) is 16.3 Å². The molecule has 0 unspecified atom stereocenters. The first kappa shape index (κ1) is 21.7. The normalized spacial score (nSPS) is 10.4. The first-order valence-electron chi connectivity index (χ1n) is 8.45. The molecule has 0 radical (unpaired) electrons. The molecule has 0 aliphatic rings. The number of rotatable bonds is 6. The van der Waals surface area contributed by atoms with E-state index in [0.717, 1.165) is 15.1 Å². The number of anilines is 2. The molecule has 0 atom stereocenters. The lowest BCUT2D eigenvalue weighted by Gasteiger charge is -2.09. The first-order valence-corrected chi connectivity index (χ1v) is 11.0. The van der Waals surface area contributed by atoms with Gasteiger partial charge < -0.3 is 10.6 Å². The molecule has 0 aromatic heterocycles. The van der Waals surface area contributed by atoms with E-state index in [1.54, 1.807) is 24.3 Å². The van der Waals surface area contributed by atoms with Crippen LogP contribution in [0.3, 0.4) is 0 Å². The number of benzene rings is 3. The van der Waals surface area contributed by atoms with Crippen molar-refractivity contribution < 1.29 is 9.59 Å². The fourth-order valence-corrected chi connectivity index (χ4v) is 3.93. The van der Waals surface area contributed by atoms with E-state index in [2.05, 4.69) is 26.6 Å². The predicted octanol–water partition coefficient (Wildman–Crippen LogP) is 6.74. The smallest absolute Gasteiger partial charge is 0.257 e. The van der Waals surface area contributed by atoms with Crippen molar-refractivity contribution in [3.05, 3.63) is 86.8 Å². The van der Waals surface area contributed by atoms with Crippen molar-refractivity contribution in [3.63, 3.8) is 0 Å². The molecule has 0 bridgehead atoms. The number of carbonyl (C=O) groups is 2. The molecule has 0 fully saturated rings. The van der Waals surface area contributed by atoms with Gasteiger partial charge in [-0.1, -0.05) is 45.2 Å². The van der Waals surface area contributed by atoms with E-state index < -0.39 is 0 Å². The Morgan fingerprint density at radius 1 is 0.897 bits per heavy atom. The van der Waals surface area contributed by atoms with Gasteiger partial charge in [0.1, 0.15) is 0 Å². The summed E-state index contributed by atoms with van der Waals surface area (Å²) in [7, 11) is 0. The van der Waals surface area contributed by atoms with Crippen LogP contribution in [0.15, 0.2) is 76.1 Å². The summed E-state index contributed by atoms with van der Waals surface area (Å²) in [5.41, 5.74) is 1.68. The van der Waals surface area contributed by atoms with Crippen molar-refractivity contribution >= 4 is 74.1 Å². The largest absolute Gasteiger partial charge is 0.325 e. The molecule has 8 heteroatoms. The highest BCUT2D eigenvalue weighted by Gasteiger charge is 2.11. The number of nitrogens with one attached hydrogen (secondary N) is 2. The second kappa shape index (κ2) is 10.2. The van der Waals surface area contributed by atoms with E-state index in [4.69, 9.17) is 23.2 Å². The zero-order valence-corrected chi connectivity index (χ0v) is 18.8. The van der Waals surface area contributed by atoms with Crippen molar-refractivity contribution in [2.75, 3.05) is 16.4 Å². The average Bonchev–Trinajstić information content (AvgIpc) is 2.68. The van der Waals surface area contributed by atoms with Crippen LogP contribution >= 0.6 is 50.9 Å². The van der Waals surface area contributed by atoms with Gasteiger partial charge in [0.2, 0.25) is 5.91 Å². The summed E-state index contributed by atoms with van der Waals surface area (Å²) in [6, 6.07) is 19.3. The van der Waals surface area contributed by atoms with Crippen LogP contribution in [0, 0.1) is 0 Å². The summed E-state index contributed by atoms with van der Waals surface area (Å²) in [6.07, 6.45) is 0. The summed E-state index contributed by atoms with van der Waals surface area (Å²) in [5.74, 6) is -0.197. The third-order valence-corrected chi connectivity index (χ3v) is 5.84. The third kappa shape index (κ3) is 6.51. The SMILES string of the molecule is O=C(CSc1cccc(NC(=O)c2ccc(Cl)cc2Cl)c1)Nc1ccc(Br)cc1. The number of hydrogen-bond acceptors (Lipinski definition) is 3. The summed E-state index contributed by atoms with van der Waals surface area (Å²) in [5, 5.41) is 6.40. The van der Waals surface area contributed by atoms with Gasteiger partial charge in [0.15, 0.2) is 0 Å². The number of amides is 2. The molecular formula is C21H15BrCl2N2O2S. The number of hydrogen-bond donors (Lipinski definition) is 2.